The van der Waals surface area contributed by atoms with Crippen molar-refractivity contribution < 1.29 is 4.79 Å². The lowest BCUT2D eigenvalue weighted by Crippen LogP contribution is -2.55. The van der Waals surface area contributed by atoms with Gasteiger partial charge in [-0.3, -0.25) is 14.5 Å². The molecule has 0 bridgehead atoms. The van der Waals surface area contributed by atoms with E-state index in [9.17, 15) is 9.59 Å². The highest BCUT2D eigenvalue weighted by atomic mass is 16.2. The van der Waals surface area contributed by atoms with Gasteiger partial charge < -0.3 is 4.90 Å². The van der Waals surface area contributed by atoms with Crippen molar-refractivity contribution in [1.82, 2.24) is 20.0 Å². The molecule has 1 N–H and O–H groups in total. The van der Waals surface area contributed by atoms with Gasteiger partial charge >= 0.3 is 0 Å². The first-order chi connectivity index (χ1) is 14.0. The average molecular weight is 395 g/mol. The van der Waals surface area contributed by atoms with Crippen LogP contribution in [-0.2, 0) is 6.42 Å². The van der Waals surface area contributed by atoms with E-state index < -0.39 is 0 Å². The zero-order valence-electron chi connectivity index (χ0n) is 17.3. The van der Waals surface area contributed by atoms with E-state index in [2.05, 4.69) is 58.2 Å². The highest BCUT2D eigenvalue weighted by molar-refractivity contribution is 5.93. The molecule has 2 saturated heterocycles. The first-order valence-electron chi connectivity index (χ1n) is 10.6. The van der Waals surface area contributed by atoms with E-state index in [0.717, 1.165) is 32.2 Å². The van der Waals surface area contributed by atoms with Crippen molar-refractivity contribution >= 4 is 5.91 Å². The maximum absolute atomic E-state index is 13.6. The summed E-state index contributed by atoms with van der Waals surface area (Å²) in [5.74, 6) is -0.0788. The van der Waals surface area contributed by atoms with E-state index in [1.165, 1.54) is 24.5 Å². The van der Waals surface area contributed by atoms with E-state index in [4.69, 9.17) is 0 Å². The van der Waals surface area contributed by atoms with Crippen molar-refractivity contribution in [2.45, 2.75) is 63.1 Å². The van der Waals surface area contributed by atoms with Crippen molar-refractivity contribution in [3.63, 3.8) is 0 Å². The second-order valence-electron chi connectivity index (χ2n) is 8.71. The van der Waals surface area contributed by atoms with Crippen LogP contribution in [0, 0.1) is 0 Å². The van der Waals surface area contributed by atoms with Crippen LogP contribution in [-0.4, -0.2) is 57.1 Å². The van der Waals surface area contributed by atoms with Crippen LogP contribution in [0.5, 0.6) is 0 Å². The number of hydrogen-bond acceptors (Lipinski definition) is 4. The minimum Gasteiger partial charge on any atom is -0.329 e. The number of rotatable bonds is 3. The molecule has 0 saturated carbocycles. The number of aromatic nitrogens is 2. The minimum absolute atomic E-state index is 0.0578. The van der Waals surface area contributed by atoms with Crippen molar-refractivity contribution in [2.24, 2.45) is 0 Å². The van der Waals surface area contributed by atoms with Gasteiger partial charge in [-0.25, -0.2) is 5.10 Å². The molecule has 3 atom stereocenters. The van der Waals surface area contributed by atoms with Crippen molar-refractivity contribution in [3.05, 3.63) is 64.1 Å². The molecule has 1 amide bonds. The topological polar surface area (TPSA) is 69.3 Å². The number of hydrogen-bond donors (Lipinski definition) is 1. The van der Waals surface area contributed by atoms with Crippen molar-refractivity contribution in [3.8, 4) is 0 Å². The summed E-state index contributed by atoms with van der Waals surface area (Å²) < 4.78 is 0. The Balaban J connectivity index is 1.72. The molecule has 6 nitrogen and oxygen atoms in total. The minimum atomic E-state index is -0.292. The Morgan fingerprint density at radius 1 is 1.17 bits per heavy atom. The maximum Gasteiger partial charge on any atom is 0.274 e. The first-order valence-corrected chi connectivity index (χ1v) is 10.6. The third kappa shape index (κ3) is 3.86. The van der Waals surface area contributed by atoms with Crippen LogP contribution in [0.2, 0.25) is 0 Å². The number of fused-ring (bicyclic) bond motifs is 1. The fourth-order valence-electron chi connectivity index (χ4n) is 5.20. The van der Waals surface area contributed by atoms with Gasteiger partial charge in [0.25, 0.3) is 11.5 Å². The van der Waals surface area contributed by atoms with E-state index in [-0.39, 0.29) is 29.1 Å². The monoisotopic (exact) mass is 394 g/mol. The molecule has 4 rings (SSSR count). The number of likely N-dealkylation sites (N-methyl/N-ethyl adjacent to an activating group) is 1. The van der Waals surface area contributed by atoms with E-state index in [1.54, 1.807) is 6.07 Å². The van der Waals surface area contributed by atoms with Gasteiger partial charge in [-0.05, 0) is 57.8 Å². The Morgan fingerprint density at radius 3 is 2.69 bits per heavy atom. The third-order valence-electron chi connectivity index (χ3n) is 6.89. The molecule has 2 fully saturated rings. The SMILES string of the molecule is CN1CCCCC[C@@H]2N(C(=O)c3ccc(=O)[nH]n3)[C@H](Cc3ccccc3)C[C@@]21C. The molecule has 2 aliphatic rings. The Bertz CT molecular complexity index is 892. The summed E-state index contributed by atoms with van der Waals surface area (Å²) >= 11 is 0. The normalized spacial score (nSPS) is 27.9. The van der Waals surface area contributed by atoms with Crippen LogP contribution >= 0.6 is 0 Å². The molecule has 1 aromatic carbocycles. The highest BCUT2D eigenvalue weighted by Crippen LogP contribution is 2.42. The Labute approximate surface area is 171 Å². The summed E-state index contributed by atoms with van der Waals surface area (Å²) in [5, 5.41) is 6.46. The van der Waals surface area contributed by atoms with Crippen LogP contribution in [0.4, 0.5) is 0 Å². The lowest BCUT2D eigenvalue weighted by molar-refractivity contribution is 0.0448. The van der Waals surface area contributed by atoms with Crippen LogP contribution in [0.25, 0.3) is 0 Å². The summed E-state index contributed by atoms with van der Waals surface area (Å²) in [6.45, 7) is 3.37. The molecule has 0 aliphatic carbocycles. The standard InChI is InChI=1S/C23H30N4O2/c1-23-16-18(15-17-9-5-3-6-10-17)27(20(23)11-7-4-8-14-26(23)2)22(29)19-12-13-21(28)25-24-19/h3,5-6,9-10,12-13,18,20H,4,7-8,11,14-16H2,1-2H3,(H,25,28)/t18-,20+,23+/m1/s1. The molecule has 0 unspecified atom stereocenters. The molecule has 0 radical (unpaired) electrons. The van der Waals surface area contributed by atoms with Crippen LogP contribution in [0.3, 0.4) is 0 Å². The maximum atomic E-state index is 13.6. The van der Waals surface area contributed by atoms with Crippen LogP contribution in [0.15, 0.2) is 47.3 Å². The van der Waals surface area contributed by atoms with Crippen LogP contribution in [0.1, 0.15) is 55.1 Å². The average Bonchev–Trinajstić information content (AvgIpc) is 2.99. The molecule has 0 spiro atoms. The lowest BCUT2D eigenvalue weighted by Gasteiger charge is -2.43. The molecule has 2 aliphatic heterocycles. The van der Waals surface area contributed by atoms with Gasteiger partial charge in [-0.15, -0.1) is 0 Å². The van der Waals surface area contributed by atoms with Gasteiger partial charge in [0.1, 0.15) is 5.69 Å². The number of H-pyrrole nitrogens is 1. The predicted molar refractivity (Wildman–Crippen MR) is 113 cm³/mol. The molecule has 1 aromatic heterocycles. The van der Waals surface area contributed by atoms with E-state index in [0.29, 0.717) is 5.69 Å². The van der Waals surface area contributed by atoms with Gasteiger partial charge in [0.15, 0.2) is 0 Å². The second kappa shape index (κ2) is 8.11. The lowest BCUT2D eigenvalue weighted by atomic mass is 9.84. The Morgan fingerprint density at radius 2 is 1.97 bits per heavy atom. The van der Waals surface area contributed by atoms with Gasteiger partial charge in [0.05, 0.1) is 6.04 Å². The molecule has 6 heteroatoms. The van der Waals surface area contributed by atoms with E-state index >= 15 is 0 Å². The molecule has 29 heavy (non-hydrogen) atoms. The van der Waals surface area contributed by atoms with E-state index in [1.807, 2.05) is 6.07 Å². The number of nitrogens with zero attached hydrogens (tertiary/aromatic N) is 3. The number of carbonyl (C=O) groups is 1. The number of aromatic amines is 1. The zero-order valence-corrected chi connectivity index (χ0v) is 17.3. The van der Waals surface area contributed by atoms with Gasteiger partial charge in [-0.2, -0.15) is 5.10 Å². The number of carbonyl (C=O) groups excluding carboxylic acids is 1. The molecular formula is C23H30N4O2. The smallest absolute Gasteiger partial charge is 0.274 e. The number of nitrogens with one attached hydrogen (secondary N) is 1. The third-order valence-corrected chi connectivity index (χ3v) is 6.89. The largest absolute Gasteiger partial charge is 0.329 e. The Hall–Kier alpha value is -2.47. The summed E-state index contributed by atoms with van der Waals surface area (Å²) in [5.41, 5.74) is 1.21. The van der Waals surface area contributed by atoms with Gasteiger partial charge in [-0.1, -0.05) is 43.2 Å². The van der Waals surface area contributed by atoms with Gasteiger partial charge in [0.2, 0.25) is 0 Å². The van der Waals surface area contributed by atoms with Gasteiger partial charge in [0, 0.05) is 17.6 Å². The van der Waals surface area contributed by atoms with Crippen LogP contribution < -0.4 is 5.56 Å². The second-order valence-corrected chi connectivity index (χ2v) is 8.71. The van der Waals surface area contributed by atoms with Crippen molar-refractivity contribution in [1.29, 1.82) is 0 Å². The number of benzene rings is 1. The number of amides is 1. The highest BCUT2D eigenvalue weighted by Gasteiger charge is 2.53. The molecule has 154 valence electrons. The quantitative estimate of drug-likeness (QED) is 0.869. The number of likely N-dealkylation sites (tertiary alicyclic amines) is 2. The fourth-order valence-corrected chi connectivity index (χ4v) is 5.20. The summed E-state index contributed by atoms with van der Waals surface area (Å²) in [7, 11) is 2.20. The fraction of sp³-hybridized carbons (Fsp3) is 0.522. The molecular weight excluding hydrogens is 364 g/mol. The summed E-state index contributed by atoms with van der Waals surface area (Å²) in [6.07, 6.45) is 6.31. The molecule has 3 heterocycles. The first kappa shape index (κ1) is 19.8. The summed E-state index contributed by atoms with van der Waals surface area (Å²) in [6, 6.07) is 13.6. The van der Waals surface area contributed by atoms with Crippen molar-refractivity contribution in [2.75, 3.05) is 13.6 Å². The Kier molecular flexibility index (Phi) is 5.54. The zero-order chi connectivity index (χ0) is 20.4. The molecule has 2 aromatic rings. The predicted octanol–water partition coefficient (Wildman–Crippen LogP) is 2.86. The summed E-state index contributed by atoms with van der Waals surface area (Å²) in [4.78, 5) is 29.6.